The minimum absolute atomic E-state index is 0.0238. The lowest BCUT2D eigenvalue weighted by atomic mass is 9.79. The molecule has 0 radical (unpaired) electrons. The Labute approximate surface area is 168 Å². The first-order valence-corrected chi connectivity index (χ1v) is 9.86. The molecule has 1 amide bonds. The maximum Gasteiger partial charge on any atom is 0.338 e. The monoisotopic (exact) mass is 391 g/mol. The Morgan fingerprint density at radius 2 is 1.83 bits per heavy atom. The van der Waals surface area contributed by atoms with Crippen molar-refractivity contribution in [3.63, 3.8) is 0 Å². The molecule has 3 fully saturated rings. The molecule has 1 heterocycles. The van der Waals surface area contributed by atoms with Gasteiger partial charge in [-0.05, 0) is 48.1 Å². The van der Waals surface area contributed by atoms with Crippen LogP contribution in [0.5, 0.6) is 0 Å². The molecule has 3 aliphatic rings. The average molecular weight is 391 g/mol. The standard InChI is InChI=1S/C23H21NO5/c1-28-22(26)16-5-3-2-4-15(16)12-6-8-14(9-7-12)24-21(25)19-13-10-17-18(11-13)29-23(27)20(17)19/h2-9,13,17-20H,10-11H2,1H3,(H,24,25)/t13-,17-,18-,19-,20-/m1/s1. The van der Waals surface area contributed by atoms with Crippen LogP contribution in [-0.4, -0.2) is 31.1 Å². The van der Waals surface area contributed by atoms with Gasteiger partial charge in [0.15, 0.2) is 0 Å². The third-order valence-electron chi connectivity index (χ3n) is 6.58. The van der Waals surface area contributed by atoms with E-state index in [0.29, 0.717) is 11.3 Å². The number of anilines is 1. The quantitative estimate of drug-likeness (QED) is 0.809. The Morgan fingerprint density at radius 3 is 2.59 bits per heavy atom. The number of carbonyl (C=O) groups is 3. The number of amides is 1. The third kappa shape index (κ3) is 2.82. The summed E-state index contributed by atoms with van der Waals surface area (Å²) in [6.07, 6.45) is 1.73. The fourth-order valence-electron chi connectivity index (χ4n) is 5.34. The molecule has 2 aliphatic carbocycles. The van der Waals surface area contributed by atoms with E-state index in [0.717, 1.165) is 24.0 Å². The van der Waals surface area contributed by atoms with E-state index in [1.165, 1.54) is 7.11 Å². The summed E-state index contributed by atoms with van der Waals surface area (Å²) in [6.45, 7) is 0. The van der Waals surface area contributed by atoms with Gasteiger partial charge in [-0.1, -0.05) is 30.3 Å². The smallest absolute Gasteiger partial charge is 0.338 e. The number of ether oxygens (including phenoxy) is 2. The van der Waals surface area contributed by atoms with Crippen LogP contribution >= 0.6 is 0 Å². The molecule has 0 spiro atoms. The highest BCUT2D eigenvalue weighted by atomic mass is 16.6. The van der Waals surface area contributed by atoms with Crippen molar-refractivity contribution in [2.24, 2.45) is 23.7 Å². The van der Waals surface area contributed by atoms with Crippen molar-refractivity contribution in [2.75, 3.05) is 12.4 Å². The Morgan fingerprint density at radius 1 is 1.07 bits per heavy atom. The van der Waals surface area contributed by atoms with Crippen LogP contribution in [0.25, 0.3) is 11.1 Å². The highest BCUT2D eigenvalue weighted by molar-refractivity contribution is 5.98. The predicted molar refractivity (Wildman–Crippen MR) is 105 cm³/mol. The minimum Gasteiger partial charge on any atom is -0.465 e. The second-order valence-electron chi connectivity index (χ2n) is 8.03. The molecule has 1 aliphatic heterocycles. The van der Waals surface area contributed by atoms with E-state index < -0.39 is 5.97 Å². The highest BCUT2D eigenvalue weighted by Crippen LogP contribution is 2.57. The van der Waals surface area contributed by atoms with Gasteiger partial charge in [0.25, 0.3) is 0 Å². The number of benzene rings is 2. The summed E-state index contributed by atoms with van der Waals surface area (Å²) in [5.74, 6) is -0.863. The van der Waals surface area contributed by atoms with Gasteiger partial charge in [-0.15, -0.1) is 0 Å². The first-order valence-electron chi connectivity index (χ1n) is 9.86. The SMILES string of the molecule is COC(=O)c1ccccc1-c1ccc(NC(=O)[C@@H]2[C@@H]3C[C@H]4[C@H]2C(=O)O[C@@H]4C3)cc1. The number of hydrogen-bond acceptors (Lipinski definition) is 5. The van der Waals surface area contributed by atoms with Crippen LogP contribution in [0.4, 0.5) is 5.69 Å². The van der Waals surface area contributed by atoms with Gasteiger partial charge in [-0.2, -0.15) is 0 Å². The zero-order chi connectivity index (χ0) is 20.1. The molecule has 148 valence electrons. The van der Waals surface area contributed by atoms with E-state index in [9.17, 15) is 14.4 Å². The number of carbonyl (C=O) groups excluding carboxylic acids is 3. The van der Waals surface area contributed by atoms with E-state index in [2.05, 4.69) is 5.32 Å². The molecule has 2 saturated carbocycles. The third-order valence-corrected chi connectivity index (χ3v) is 6.58. The van der Waals surface area contributed by atoms with Crippen LogP contribution < -0.4 is 5.32 Å². The zero-order valence-corrected chi connectivity index (χ0v) is 16.0. The molecule has 2 aromatic carbocycles. The van der Waals surface area contributed by atoms with Gasteiger partial charge in [-0.25, -0.2) is 4.79 Å². The summed E-state index contributed by atoms with van der Waals surface area (Å²) in [4.78, 5) is 37.0. The van der Waals surface area contributed by atoms with Crippen LogP contribution in [-0.2, 0) is 19.1 Å². The summed E-state index contributed by atoms with van der Waals surface area (Å²) < 4.78 is 10.3. The van der Waals surface area contributed by atoms with Gasteiger partial charge in [0.2, 0.25) is 5.91 Å². The topological polar surface area (TPSA) is 81.7 Å². The van der Waals surface area contributed by atoms with Crippen LogP contribution in [0, 0.1) is 23.7 Å². The molecule has 0 aromatic heterocycles. The summed E-state index contributed by atoms with van der Waals surface area (Å²) in [5.41, 5.74) is 2.78. The number of esters is 2. The Bertz CT molecular complexity index is 997. The van der Waals surface area contributed by atoms with Gasteiger partial charge in [0.05, 0.1) is 24.5 Å². The Balaban J connectivity index is 1.34. The normalized spacial score (nSPS) is 28.9. The molecule has 0 unspecified atom stereocenters. The van der Waals surface area contributed by atoms with E-state index in [4.69, 9.17) is 9.47 Å². The molecule has 2 bridgehead atoms. The Kier molecular flexibility index (Phi) is 4.15. The van der Waals surface area contributed by atoms with Gasteiger partial charge in [0, 0.05) is 11.6 Å². The van der Waals surface area contributed by atoms with Crippen LogP contribution in [0.3, 0.4) is 0 Å². The van der Waals surface area contributed by atoms with Crippen molar-refractivity contribution in [2.45, 2.75) is 18.9 Å². The van der Waals surface area contributed by atoms with E-state index in [-0.39, 0.29) is 41.7 Å². The van der Waals surface area contributed by atoms with Gasteiger partial charge >= 0.3 is 11.9 Å². The van der Waals surface area contributed by atoms with Crippen molar-refractivity contribution in [3.8, 4) is 11.1 Å². The molecular weight excluding hydrogens is 370 g/mol. The van der Waals surface area contributed by atoms with Gasteiger partial charge < -0.3 is 14.8 Å². The number of methoxy groups -OCH3 is 1. The Hall–Kier alpha value is -3.15. The van der Waals surface area contributed by atoms with Crippen molar-refractivity contribution in [3.05, 3.63) is 54.1 Å². The maximum absolute atomic E-state index is 12.9. The summed E-state index contributed by atoms with van der Waals surface area (Å²) in [6, 6.07) is 14.6. The second kappa shape index (κ2) is 6.72. The number of rotatable bonds is 4. The highest BCUT2D eigenvalue weighted by Gasteiger charge is 2.63. The molecule has 29 heavy (non-hydrogen) atoms. The van der Waals surface area contributed by atoms with E-state index in [1.807, 2.05) is 36.4 Å². The van der Waals surface area contributed by atoms with Crippen molar-refractivity contribution < 1.29 is 23.9 Å². The lowest BCUT2D eigenvalue weighted by Gasteiger charge is -2.23. The first kappa shape index (κ1) is 17.9. The van der Waals surface area contributed by atoms with Crippen LogP contribution in [0.2, 0.25) is 0 Å². The lowest BCUT2D eigenvalue weighted by Crippen LogP contribution is -2.35. The van der Waals surface area contributed by atoms with Crippen LogP contribution in [0.1, 0.15) is 23.2 Å². The zero-order valence-electron chi connectivity index (χ0n) is 16.0. The lowest BCUT2D eigenvalue weighted by molar-refractivity contribution is -0.145. The fourth-order valence-corrected chi connectivity index (χ4v) is 5.34. The average Bonchev–Trinajstić information content (AvgIpc) is 3.36. The fraction of sp³-hybridized carbons (Fsp3) is 0.348. The minimum atomic E-state index is -0.393. The molecular formula is C23H21NO5. The molecule has 6 heteroatoms. The molecule has 5 atom stereocenters. The number of fused-ring (bicyclic) bond motifs is 1. The molecule has 1 N–H and O–H groups in total. The largest absolute Gasteiger partial charge is 0.465 e. The van der Waals surface area contributed by atoms with Crippen LogP contribution in [0.15, 0.2) is 48.5 Å². The van der Waals surface area contributed by atoms with Gasteiger partial charge in [0.1, 0.15) is 6.10 Å². The molecule has 5 rings (SSSR count). The van der Waals surface area contributed by atoms with Crippen molar-refractivity contribution in [1.29, 1.82) is 0 Å². The van der Waals surface area contributed by atoms with Gasteiger partial charge in [-0.3, -0.25) is 9.59 Å². The summed E-state index contributed by atoms with van der Waals surface area (Å²) in [5, 5.41) is 2.96. The summed E-state index contributed by atoms with van der Waals surface area (Å²) >= 11 is 0. The molecule has 2 aromatic rings. The second-order valence-corrected chi connectivity index (χ2v) is 8.03. The number of nitrogens with one attached hydrogen (secondary N) is 1. The van der Waals surface area contributed by atoms with E-state index in [1.54, 1.807) is 12.1 Å². The molecule has 6 nitrogen and oxygen atoms in total. The van der Waals surface area contributed by atoms with E-state index >= 15 is 0 Å². The van der Waals surface area contributed by atoms with Crippen molar-refractivity contribution >= 4 is 23.5 Å². The van der Waals surface area contributed by atoms with Crippen molar-refractivity contribution in [1.82, 2.24) is 0 Å². The number of hydrogen-bond donors (Lipinski definition) is 1. The maximum atomic E-state index is 12.9. The summed E-state index contributed by atoms with van der Waals surface area (Å²) in [7, 11) is 1.36. The first-order chi connectivity index (χ1) is 14.1. The molecule has 1 saturated heterocycles. The predicted octanol–water partition coefficient (Wildman–Crippen LogP) is 3.28.